The molecule has 1 aromatic heterocycles. The Bertz CT molecular complexity index is 917. The molecule has 7 heteroatoms. The van der Waals surface area contributed by atoms with Gasteiger partial charge in [-0.15, -0.1) is 0 Å². The van der Waals surface area contributed by atoms with Crippen LogP contribution in [0, 0.1) is 13.8 Å². The molecule has 6 nitrogen and oxygen atoms in total. The van der Waals surface area contributed by atoms with Crippen LogP contribution in [-0.4, -0.2) is 44.6 Å². The maximum absolute atomic E-state index is 12.9. The van der Waals surface area contributed by atoms with E-state index >= 15 is 0 Å². The van der Waals surface area contributed by atoms with Crippen LogP contribution in [0.3, 0.4) is 0 Å². The monoisotopic (exact) mass is 378 g/mol. The fraction of sp³-hybridized carbons (Fsp3) is 0.526. The number of sulfonamides is 1. The van der Waals surface area contributed by atoms with E-state index in [-0.39, 0.29) is 24.9 Å². The van der Waals surface area contributed by atoms with Gasteiger partial charge in [-0.05, 0) is 56.4 Å². The standard InChI is InChI=1S/C19H26N2O4S/c1-13-8-17-15(12-25-18(17)9-14(13)2)10-19(22)21-7-5-4-6-16(21)11-20-26(3,23)24/h8-9,12,16,20H,4-7,10-11H2,1-3H3. The van der Waals surface area contributed by atoms with E-state index in [1.165, 1.54) is 5.56 Å². The zero-order valence-corrected chi connectivity index (χ0v) is 16.4. The molecule has 142 valence electrons. The van der Waals surface area contributed by atoms with Gasteiger partial charge >= 0.3 is 0 Å². The second-order valence-corrected chi connectivity index (χ2v) is 9.06. The van der Waals surface area contributed by atoms with Gasteiger partial charge in [0.05, 0.1) is 18.9 Å². The van der Waals surface area contributed by atoms with E-state index in [1.54, 1.807) is 6.26 Å². The van der Waals surface area contributed by atoms with Crippen LogP contribution in [-0.2, 0) is 21.2 Å². The summed E-state index contributed by atoms with van der Waals surface area (Å²) in [5.41, 5.74) is 4.01. The van der Waals surface area contributed by atoms with Gasteiger partial charge in [-0.25, -0.2) is 13.1 Å². The maximum Gasteiger partial charge on any atom is 0.227 e. The zero-order chi connectivity index (χ0) is 18.9. The molecule has 26 heavy (non-hydrogen) atoms. The Kier molecular flexibility index (Phi) is 5.39. The number of carbonyl (C=O) groups excluding carboxylic acids is 1. The van der Waals surface area contributed by atoms with Gasteiger partial charge in [0.2, 0.25) is 15.9 Å². The number of hydrogen-bond acceptors (Lipinski definition) is 4. The second kappa shape index (κ2) is 7.40. The molecule has 0 radical (unpaired) electrons. The van der Waals surface area contributed by atoms with Crippen LogP contribution >= 0.6 is 0 Å². The highest BCUT2D eigenvalue weighted by Crippen LogP contribution is 2.26. The summed E-state index contributed by atoms with van der Waals surface area (Å²) in [5, 5.41) is 0.976. The molecule has 1 atom stereocenters. The number of nitrogens with zero attached hydrogens (tertiary/aromatic N) is 1. The Morgan fingerprint density at radius 3 is 2.73 bits per heavy atom. The SMILES string of the molecule is Cc1cc2occ(CC(=O)N3CCCCC3CNS(C)(=O)=O)c2cc1C. The number of amides is 1. The molecule has 1 amide bonds. The van der Waals surface area contributed by atoms with Crippen molar-refractivity contribution >= 4 is 26.9 Å². The number of fused-ring (bicyclic) bond motifs is 1. The number of piperidine rings is 1. The number of aryl methyl sites for hydroxylation is 2. The molecule has 1 aliphatic rings. The number of likely N-dealkylation sites (tertiary alicyclic amines) is 1. The molecule has 0 bridgehead atoms. The van der Waals surface area contributed by atoms with Gasteiger partial charge in [0.15, 0.2) is 0 Å². The number of carbonyl (C=O) groups is 1. The van der Waals surface area contributed by atoms with E-state index in [1.807, 2.05) is 24.8 Å². The molecule has 0 spiro atoms. The van der Waals surface area contributed by atoms with Crippen molar-refractivity contribution in [2.75, 3.05) is 19.3 Å². The van der Waals surface area contributed by atoms with Crippen LogP contribution in [0.15, 0.2) is 22.8 Å². The fourth-order valence-corrected chi connectivity index (χ4v) is 4.02. The lowest BCUT2D eigenvalue weighted by atomic mass is 10.00. The van der Waals surface area contributed by atoms with Crippen LogP contribution in [0.5, 0.6) is 0 Å². The first-order valence-electron chi connectivity index (χ1n) is 8.96. The molecule has 1 unspecified atom stereocenters. The fourth-order valence-electron chi connectivity index (χ4n) is 3.53. The molecule has 1 aromatic carbocycles. The average molecular weight is 378 g/mol. The van der Waals surface area contributed by atoms with Gasteiger partial charge in [0.1, 0.15) is 5.58 Å². The van der Waals surface area contributed by atoms with E-state index in [0.717, 1.165) is 47.6 Å². The predicted molar refractivity (Wildman–Crippen MR) is 102 cm³/mol. The van der Waals surface area contributed by atoms with Crippen LogP contribution in [0.1, 0.15) is 36.0 Å². The summed E-state index contributed by atoms with van der Waals surface area (Å²) >= 11 is 0. The summed E-state index contributed by atoms with van der Waals surface area (Å²) in [6, 6.07) is 3.97. The minimum atomic E-state index is -3.26. The Morgan fingerprint density at radius 1 is 1.27 bits per heavy atom. The first-order valence-corrected chi connectivity index (χ1v) is 10.8. The van der Waals surface area contributed by atoms with Gasteiger partial charge in [-0.1, -0.05) is 0 Å². The second-order valence-electron chi connectivity index (χ2n) is 7.23. The van der Waals surface area contributed by atoms with Gasteiger partial charge < -0.3 is 9.32 Å². The van der Waals surface area contributed by atoms with Gasteiger partial charge in [0, 0.05) is 30.1 Å². The Balaban J connectivity index is 1.76. The smallest absolute Gasteiger partial charge is 0.227 e. The van der Waals surface area contributed by atoms with Gasteiger partial charge in [0.25, 0.3) is 0 Å². The van der Waals surface area contributed by atoms with Crippen molar-refractivity contribution < 1.29 is 17.6 Å². The summed E-state index contributed by atoms with van der Waals surface area (Å²) < 4.78 is 30.9. The van der Waals surface area contributed by atoms with Crippen molar-refractivity contribution in [1.29, 1.82) is 0 Å². The van der Waals surface area contributed by atoms with Crippen LogP contribution < -0.4 is 4.72 Å². The van der Waals surface area contributed by atoms with E-state index in [0.29, 0.717) is 6.54 Å². The normalized spacial score (nSPS) is 18.4. The lowest BCUT2D eigenvalue weighted by Gasteiger charge is -2.35. The van der Waals surface area contributed by atoms with E-state index in [4.69, 9.17) is 4.42 Å². The first kappa shape index (κ1) is 18.9. The predicted octanol–water partition coefficient (Wildman–Crippen LogP) is 2.52. The highest BCUT2D eigenvalue weighted by atomic mass is 32.2. The summed E-state index contributed by atoms with van der Waals surface area (Å²) in [5.74, 6) is 0.0194. The third-order valence-electron chi connectivity index (χ3n) is 5.14. The van der Waals surface area contributed by atoms with Crippen molar-refractivity contribution in [2.24, 2.45) is 0 Å². The zero-order valence-electron chi connectivity index (χ0n) is 15.5. The molecule has 0 aliphatic carbocycles. The third kappa shape index (κ3) is 4.27. The Morgan fingerprint density at radius 2 is 2.00 bits per heavy atom. The van der Waals surface area contributed by atoms with Crippen LogP contribution in [0.2, 0.25) is 0 Å². The molecule has 3 rings (SSSR count). The van der Waals surface area contributed by atoms with Crippen LogP contribution in [0.25, 0.3) is 11.0 Å². The average Bonchev–Trinajstić information content (AvgIpc) is 2.95. The topological polar surface area (TPSA) is 79.6 Å². The molecule has 2 heterocycles. The summed E-state index contributed by atoms with van der Waals surface area (Å²) in [6.45, 7) is 5.03. The number of rotatable bonds is 5. The third-order valence-corrected chi connectivity index (χ3v) is 5.83. The number of nitrogens with one attached hydrogen (secondary N) is 1. The van der Waals surface area contributed by atoms with E-state index < -0.39 is 10.0 Å². The lowest BCUT2D eigenvalue weighted by molar-refractivity contribution is -0.133. The maximum atomic E-state index is 12.9. The van der Waals surface area contributed by atoms with Gasteiger partial charge in [-0.2, -0.15) is 0 Å². The van der Waals surface area contributed by atoms with Crippen molar-refractivity contribution in [3.8, 4) is 0 Å². The largest absolute Gasteiger partial charge is 0.464 e. The first-order chi connectivity index (χ1) is 12.2. The highest BCUT2D eigenvalue weighted by molar-refractivity contribution is 7.88. The minimum absolute atomic E-state index is 0.0194. The number of benzene rings is 1. The molecule has 0 saturated carbocycles. The van der Waals surface area contributed by atoms with Crippen molar-refractivity contribution in [1.82, 2.24) is 9.62 Å². The van der Waals surface area contributed by atoms with Gasteiger partial charge in [-0.3, -0.25) is 4.79 Å². The quantitative estimate of drug-likeness (QED) is 0.867. The number of hydrogen-bond donors (Lipinski definition) is 1. The summed E-state index contributed by atoms with van der Waals surface area (Å²) in [4.78, 5) is 14.7. The Labute approximate surface area is 154 Å². The van der Waals surface area contributed by atoms with E-state index in [2.05, 4.69) is 10.8 Å². The molecule has 2 aromatic rings. The molecular formula is C19H26N2O4S. The van der Waals surface area contributed by atoms with E-state index in [9.17, 15) is 13.2 Å². The summed E-state index contributed by atoms with van der Waals surface area (Å²) in [6.07, 6.45) is 5.85. The van der Waals surface area contributed by atoms with Crippen molar-refractivity contribution in [3.05, 3.63) is 35.1 Å². The Hall–Kier alpha value is -1.86. The molecule has 1 aliphatic heterocycles. The molecule has 1 saturated heterocycles. The highest BCUT2D eigenvalue weighted by Gasteiger charge is 2.28. The van der Waals surface area contributed by atoms with Crippen molar-refractivity contribution in [3.63, 3.8) is 0 Å². The molecule has 1 N–H and O–H groups in total. The number of furan rings is 1. The van der Waals surface area contributed by atoms with Crippen LogP contribution in [0.4, 0.5) is 0 Å². The lowest BCUT2D eigenvalue weighted by Crippen LogP contribution is -2.49. The minimum Gasteiger partial charge on any atom is -0.464 e. The molecular weight excluding hydrogens is 352 g/mol. The molecule has 1 fully saturated rings. The summed E-state index contributed by atoms with van der Waals surface area (Å²) in [7, 11) is -3.26. The van der Waals surface area contributed by atoms with Crippen molar-refractivity contribution in [2.45, 2.75) is 45.6 Å².